The van der Waals surface area contributed by atoms with Crippen LogP contribution in [0, 0.1) is 0 Å². The lowest BCUT2D eigenvalue weighted by Crippen LogP contribution is -2.41. The Hall–Kier alpha value is -2.30. The Morgan fingerprint density at radius 2 is 2.00 bits per heavy atom. The Labute approximate surface area is 124 Å². The van der Waals surface area contributed by atoms with Crippen LogP contribution in [-0.4, -0.2) is 33.6 Å². The molecule has 2 aromatic rings. The topological polar surface area (TPSA) is 50.2 Å². The van der Waals surface area contributed by atoms with E-state index in [0.29, 0.717) is 6.54 Å². The van der Waals surface area contributed by atoms with Crippen LogP contribution in [0.1, 0.15) is 24.4 Å². The third-order valence-electron chi connectivity index (χ3n) is 3.85. The summed E-state index contributed by atoms with van der Waals surface area (Å²) in [6.07, 6.45) is 7.65. The van der Waals surface area contributed by atoms with Crippen LogP contribution < -0.4 is 5.32 Å². The average molecular weight is 284 g/mol. The fourth-order valence-electron chi connectivity index (χ4n) is 2.69. The van der Waals surface area contributed by atoms with Crippen LogP contribution in [0.2, 0.25) is 0 Å². The van der Waals surface area contributed by atoms with Gasteiger partial charge in [-0.25, -0.2) is 9.78 Å². The number of imidazole rings is 1. The van der Waals surface area contributed by atoms with Crippen molar-refractivity contribution in [2.75, 3.05) is 13.1 Å². The summed E-state index contributed by atoms with van der Waals surface area (Å²) in [6.45, 7) is 2.40. The zero-order valence-corrected chi connectivity index (χ0v) is 12.0. The van der Waals surface area contributed by atoms with Gasteiger partial charge in [-0.3, -0.25) is 0 Å². The van der Waals surface area contributed by atoms with E-state index in [9.17, 15) is 4.79 Å². The molecule has 0 spiro atoms. The number of urea groups is 1. The molecule has 2 amide bonds. The third-order valence-corrected chi connectivity index (χ3v) is 3.85. The largest absolute Gasteiger partial charge is 0.335 e. The van der Waals surface area contributed by atoms with E-state index < -0.39 is 0 Å². The Morgan fingerprint density at radius 3 is 2.67 bits per heavy atom. The molecule has 21 heavy (non-hydrogen) atoms. The molecule has 5 heteroatoms. The molecule has 1 atom stereocenters. The fraction of sp³-hybridized carbons (Fsp3) is 0.375. The Morgan fingerprint density at radius 1 is 1.24 bits per heavy atom. The number of nitrogens with one attached hydrogen (secondary N) is 1. The number of aromatic nitrogens is 2. The molecule has 0 unspecified atom stereocenters. The van der Waals surface area contributed by atoms with Gasteiger partial charge in [0.25, 0.3) is 0 Å². The minimum absolute atomic E-state index is 0.0291. The number of carbonyl (C=O) groups is 1. The molecule has 1 aliphatic heterocycles. The van der Waals surface area contributed by atoms with Gasteiger partial charge in [0, 0.05) is 32.0 Å². The van der Waals surface area contributed by atoms with Crippen molar-refractivity contribution >= 4 is 6.03 Å². The first-order chi connectivity index (χ1) is 10.3. The van der Waals surface area contributed by atoms with Crippen molar-refractivity contribution in [2.24, 2.45) is 0 Å². The molecule has 0 bridgehead atoms. The number of amides is 2. The van der Waals surface area contributed by atoms with Crippen LogP contribution in [-0.2, 0) is 6.54 Å². The number of hydrogen-bond acceptors (Lipinski definition) is 2. The SMILES string of the molecule is O=C(N[C@H](Cn1ccnc1)c1ccccc1)N1CCCC1. The van der Waals surface area contributed by atoms with Crippen LogP contribution in [0.4, 0.5) is 4.79 Å². The molecule has 1 saturated heterocycles. The second-order valence-electron chi connectivity index (χ2n) is 5.37. The molecule has 0 aliphatic carbocycles. The van der Waals surface area contributed by atoms with E-state index in [1.807, 2.05) is 46.0 Å². The summed E-state index contributed by atoms with van der Waals surface area (Å²) < 4.78 is 1.99. The summed E-state index contributed by atoms with van der Waals surface area (Å²) in [7, 11) is 0. The molecule has 0 saturated carbocycles. The molecule has 1 aromatic heterocycles. The minimum atomic E-state index is -0.0477. The summed E-state index contributed by atoms with van der Waals surface area (Å²) in [6, 6.07) is 10.1. The van der Waals surface area contributed by atoms with Crippen molar-refractivity contribution in [1.82, 2.24) is 19.8 Å². The molecular weight excluding hydrogens is 264 g/mol. The second-order valence-corrected chi connectivity index (χ2v) is 5.37. The Kier molecular flexibility index (Phi) is 4.19. The first-order valence-electron chi connectivity index (χ1n) is 7.39. The van der Waals surface area contributed by atoms with E-state index in [1.54, 1.807) is 12.5 Å². The predicted octanol–water partition coefficient (Wildman–Crippen LogP) is 2.43. The number of rotatable bonds is 4. The smallest absolute Gasteiger partial charge is 0.317 e. The highest BCUT2D eigenvalue weighted by Crippen LogP contribution is 2.16. The first-order valence-corrected chi connectivity index (χ1v) is 7.39. The zero-order chi connectivity index (χ0) is 14.5. The van der Waals surface area contributed by atoms with Gasteiger partial charge in [0.2, 0.25) is 0 Å². The Bertz CT molecular complexity index is 561. The van der Waals surface area contributed by atoms with E-state index >= 15 is 0 Å². The molecular formula is C16H20N4O. The second kappa shape index (κ2) is 6.43. The zero-order valence-electron chi connectivity index (χ0n) is 12.0. The lowest BCUT2D eigenvalue weighted by atomic mass is 10.1. The van der Waals surface area contributed by atoms with E-state index in [2.05, 4.69) is 10.3 Å². The molecule has 3 rings (SSSR count). The number of nitrogens with zero attached hydrogens (tertiary/aromatic N) is 3. The molecule has 1 N–H and O–H groups in total. The average Bonchev–Trinajstić information content (AvgIpc) is 3.21. The standard InChI is InChI=1S/C16H20N4O/c21-16(20-9-4-5-10-20)18-15(12-19-11-8-17-13-19)14-6-2-1-3-7-14/h1-3,6-8,11,13,15H,4-5,9-10,12H2,(H,18,21)/t15-/m1/s1. The van der Waals surface area contributed by atoms with Crippen LogP contribution in [0.15, 0.2) is 49.1 Å². The van der Waals surface area contributed by atoms with Crippen molar-refractivity contribution in [3.8, 4) is 0 Å². The van der Waals surface area contributed by atoms with Gasteiger partial charge in [0.15, 0.2) is 0 Å². The molecule has 1 aliphatic rings. The van der Waals surface area contributed by atoms with Crippen molar-refractivity contribution in [1.29, 1.82) is 0 Å². The maximum atomic E-state index is 12.3. The van der Waals surface area contributed by atoms with Crippen molar-refractivity contribution in [2.45, 2.75) is 25.4 Å². The lowest BCUT2D eigenvalue weighted by molar-refractivity contribution is 0.203. The first kappa shape index (κ1) is 13.7. The number of likely N-dealkylation sites (tertiary alicyclic amines) is 1. The summed E-state index contributed by atoms with van der Waals surface area (Å²) in [5.41, 5.74) is 1.11. The van der Waals surface area contributed by atoms with E-state index in [1.165, 1.54) is 0 Å². The van der Waals surface area contributed by atoms with E-state index in [4.69, 9.17) is 0 Å². The summed E-state index contributed by atoms with van der Waals surface area (Å²) in [5, 5.41) is 3.15. The van der Waals surface area contributed by atoms with E-state index in [-0.39, 0.29) is 12.1 Å². The van der Waals surface area contributed by atoms with Gasteiger partial charge in [-0.2, -0.15) is 0 Å². The maximum absolute atomic E-state index is 12.3. The van der Waals surface area contributed by atoms with Crippen molar-refractivity contribution in [3.63, 3.8) is 0 Å². The number of carbonyl (C=O) groups excluding carboxylic acids is 1. The summed E-state index contributed by atoms with van der Waals surface area (Å²) in [4.78, 5) is 18.3. The molecule has 0 radical (unpaired) electrons. The quantitative estimate of drug-likeness (QED) is 0.937. The van der Waals surface area contributed by atoms with Gasteiger partial charge < -0.3 is 14.8 Å². The monoisotopic (exact) mass is 284 g/mol. The fourth-order valence-corrected chi connectivity index (χ4v) is 2.69. The van der Waals surface area contributed by atoms with Gasteiger partial charge in [-0.15, -0.1) is 0 Å². The number of benzene rings is 1. The maximum Gasteiger partial charge on any atom is 0.317 e. The highest BCUT2D eigenvalue weighted by molar-refractivity contribution is 5.75. The molecule has 2 heterocycles. The van der Waals surface area contributed by atoms with Crippen LogP contribution >= 0.6 is 0 Å². The van der Waals surface area contributed by atoms with Crippen LogP contribution in [0.25, 0.3) is 0 Å². The van der Waals surface area contributed by atoms with Crippen LogP contribution in [0.5, 0.6) is 0 Å². The summed E-state index contributed by atoms with van der Waals surface area (Å²) in [5.74, 6) is 0. The minimum Gasteiger partial charge on any atom is -0.335 e. The van der Waals surface area contributed by atoms with Gasteiger partial charge in [0.05, 0.1) is 12.4 Å². The lowest BCUT2D eigenvalue weighted by Gasteiger charge is -2.24. The molecule has 110 valence electrons. The predicted molar refractivity (Wildman–Crippen MR) is 80.7 cm³/mol. The van der Waals surface area contributed by atoms with Gasteiger partial charge in [0.1, 0.15) is 0 Å². The highest BCUT2D eigenvalue weighted by Gasteiger charge is 2.21. The van der Waals surface area contributed by atoms with Crippen molar-refractivity contribution in [3.05, 3.63) is 54.6 Å². The Balaban J connectivity index is 1.73. The normalized spacial score (nSPS) is 15.9. The van der Waals surface area contributed by atoms with Gasteiger partial charge in [-0.05, 0) is 18.4 Å². The molecule has 1 fully saturated rings. The summed E-state index contributed by atoms with van der Waals surface area (Å²) >= 11 is 0. The molecule has 1 aromatic carbocycles. The van der Waals surface area contributed by atoms with Crippen LogP contribution in [0.3, 0.4) is 0 Å². The third kappa shape index (κ3) is 3.42. The number of hydrogen-bond donors (Lipinski definition) is 1. The molecule has 5 nitrogen and oxygen atoms in total. The van der Waals surface area contributed by atoms with Gasteiger partial charge >= 0.3 is 6.03 Å². The van der Waals surface area contributed by atoms with Crippen molar-refractivity contribution < 1.29 is 4.79 Å². The van der Waals surface area contributed by atoms with E-state index in [0.717, 1.165) is 31.5 Å². The highest BCUT2D eigenvalue weighted by atomic mass is 16.2. The van der Waals surface area contributed by atoms with Gasteiger partial charge in [-0.1, -0.05) is 30.3 Å².